The Kier molecular flexibility index (Phi) is 294. The molecule has 0 amide bonds. The molecule has 7 heteroatoms. The van der Waals surface area contributed by atoms with Gasteiger partial charge >= 0.3 is 177 Å². The number of rotatable bonds is 0. The van der Waals surface area contributed by atoms with Crippen LogP contribution in [-0.4, -0.2) is 5.83 Å². The molecule has 0 saturated carbocycles. The van der Waals surface area contributed by atoms with Gasteiger partial charge in [-0.25, -0.2) is 0 Å². The van der Waals surface area contributed by atoms with Crippen LogP contribution in [0.2, 0.25) is 0 Å². The molecular weight excluding hydrogens is 230 g/mol. The summed E-state index contributed by atoms with van der Waals surface area (Å²) in [5.41, 5.74) is 0. The predicted octanol–water partition coefficient (Wildman–Crippen LogP) is -16.3. The Hall–Kier alpha value is 6.48. The molecule has 0 spiro atoms. The van der Waals surface area contributed by atoms with E-state index in [-0.39, 0.29) is 186 Å². The zero-order valence-electron chi connectivity index (χ0n) is 13.4. The second-order valence-corrected chi connectivity index (χ2v) is 0. The van der Waals surface area contributed by atoms with E-state index in [1.165, 1.54) is 0 Å². The predicted molar refractivity (Wildman–Crippen MR) is 21.5 cm³/mol. The molecule has 0 aromatic carbocycles. The Bertz CT molecular complexity index is 22.3. The number of halogens is 1. The van der Waals surface area contributed by atoms with Gasteiger partial charge in [0.25, 0.3) is 0 Å². The molecule has 8 heavy (non-hydrogen) atoms. The van der Waals surface area contributed by atoms with E-state index in [9.17, 15) is 0 Å². The summed E-state index contributed by atoms with van der Waals surface area (Å²) >= 11 is 2.94. The molecule has 0 saturated heterocycles. The van der Waals surface area contributed by atoms with Crippen LogP contribution in [-0.2, 0) is 0 Å². The van der Waals surface area contributed by atoms with Crippen molar-refractivity contribution in [1.82, 2.24) is 0 Å². The monoisotopic (exact) mass is 238 g/mol. The van der Waals surface area contributed by atoms with Crippen molar-refractivity contribution in [3.63, 3.8) is 0 Å². The van der Waals surface area contributed by atoms with E-state index in [2.05, 4.69) is 15.9 Å². The third-order valence-electron chi connectivity index (χ3n) is 0. The standard InChI is InChI=1S/CH3Br.6Na.6H/c1-2;;;;;;;;;;;;/h1H3;;;;;;;;;;;;/q;6*+1;6*-1. The van der Waals surface area contributed by atoms with Crippen LogP contribution in [0.25, 0.3) is 0 Å². The molecule has 0 rings (SSSR count). The summed E-state index contributed by atoms with van der Waals surface area (Å²) in [5, 5.41) is 0. The molecule has 0 N–H and O–H groups in total. The molecule has 0 heterocycles. The van der Waals surface area contributed by atoms with Crippen LogP contribution in [0.5, 0.6) is 0 Å². The molecule has 0 aromatic heterocycles. The first kappa shape index (κ1) is 47.0. The van der Waals surface area contributed by atoms with Crippen LogP contribution < -0.4 is 177 Å². The average molecular weight is 239 g/mol. The summed E-state index contributed by atoms with van der Waals surface area (Å²) in [4.78, 5) is 0. The van der Waals surface area contributed by atoms with Crippen molar-refractivity contribution >= 4 is 15.9 Å². The van der Waals surface area contributed by atoms with Crippen LogP contribution in [0, 0.1) is 0 Å². The molecule has 0 nitrogen and oxygen atoms in total. The zero-order chi connectivity index (χ0) is 2.00. The van der Waals surface area contributed by atoms with E-state index >= 15 is 0 Å². The second-order valence-electron chi connectivity index (χ2n) is 0. The molecule has 0 aromatic rings. The minimum Gasteiger partial charge on any atom is -1.00 e. The maximum absolute atomic E-state index is 2.94. The summed E-state index contributed by atoms with van der Waals surface area (Å²) in [6.07, 6.45) is 0. The second kappa shape index (κ2) is 50.0. The molecule has 0 aliphatic carbocycles. The zero-order valence-corrected chi connectivity index (χ0v) is 21.0. The van der Waals surface area contributed by atoms with Gasteiger partial charge in [0.05, 0.1) is 0 Å². The number of hydrogen-bond donors (Lipinski definition) is 0. The molecule has 0 aliphatic heterocycles. The van der Waals surface area contributed by atoms with Crippen LogP contribution in [0.1, 0.15) is 8.56 Å². The Balaban J connectivity index is -0.0000000000758. The van der Waals surface area contributed by atoms with Crippen molar-refractivity contribution < 1.29 is 186 Å². The molecule has 0 fully saturated rings. The van der Waals surface area contributed by atoms with E-state index in [1.54, 1.807) is 0 Å². The molecule has 0 atom stereocenters. The maximum atomic E-state index is 2.94. The first-order chi connectivity index (χ1) is 1.00. The summed E-state index contributed by atoms with van der Waals surface area (Å²) in [6.45, 7) is 0. The summed E-state index contributed by atoms with van der Waals surface area (Å²) in [7, 11) is 0. The van der Waals surface area contributed by atoms with Crippen molar-refractivity contribution in [2.24, 2.45) is 0 Å². The fraction of sp³-hybridized carbons (Fsp3) is 1.00. The summed E-state index contributed by atoms with van der Waals surface area (Å²) in [6, 6.07) is 0. The van der Waals surface area contributed by atoms with Crippen LogP contribution >= 0.6 is 15.9 Å². The van der Waals surface area contributed by atoms with Gasteiger partial charge in [0.15, 0.2) is 0 Å². The van der Waals surface area contributed by atoms with Gasteiger partial charge in [-0.2, -0.15) is 0 Å². The minimum absolute atomic E-state index is 0. The van der Waals surface area contributed by atoms with E-state index in [4.69, 9.17) is 0 Å². The Morgan fingerprint density at radius 3 is 0.625 bits per heavy atom. The topological polar surface area (TPSA) is 0 Å². The number of alkyl halides is 1. The Morgan fingerprint density at radius 1 is 0.625 bits per heavy atom. The van der Waals surface area contributed by atoms with Crippen LogP contribution in [0.3, 0.4) is 0 Å². The normalized spacial score (nSPS) is 0.750. The Labute approximate surface area is 202 Å². The van der Waals surface area contributed by atoms with Crippen molar-refractivity contribution in [3.8, 4) is 0 Å². The molecule has 26 valence electrons. The van der Waals surface area contributed by atoms with Crippen LogP contribution in [0.15, 0.2) is 0 Å². The van der Waals surface area contributed by atoms with Gasteiger partial charge in [0.2, 0.25) is 0 Å². The minimum atomic E-state index is 0. The fourth-order valence-corrected chi connectivity index (χ4v) is 0. The Morgan fingerprint density at radius 2 is 0.625 bits per heavy atom. The van der Waals surface area contributed by atoms with Gasteiger partial charge < -0.3 is 8.56 Å². The fourth-order valence-electron chi connectivity index (χ4n) is 0. The van der Waals surface area contributed by atoms with E-state index in [1.807, 2.05) is 5.83 Å². The average Bonchev–Trinajstić information content (AvgIpc) is 1.00. The quantitative estimate of drug-likeness (QED) is 0.291. The van der Waals surface area contributed by atoms with E-state index < -0.39 is 0 Å². The third-order valence-corrected chi connectivity index (χ3v) is 0. The largest absolute Gasteiger partial charge is 1.00 e. The molecular formula is CH9BrNa6. The van der Waals surface area contributed by atoms with Gasteiger partial charge in [-0.1, -0.05) is 15.9 Å². The van der Waals surface area contributed by atoms with E-state index in [0.29, 0.717) is 0 Å². The van der Waals surface area contributed by atoms with Crippen molar-refractivity contribution in [2.45, 2.75) is 0 Å². The van der Waals surface area contributed by atoms with Gasteiger partial charge in [-0.3, -0.25) is 0 Å². The maximum Gasteiger partial charge on any atom is 1.00 e. The SMILES string of the molecule is CBr.[H-].[H-].[H-].[H-].[H-].[H-].[Na+].[Na+].[Na+].[Na+].[Na+].[Na+]. The molecule has 0 aliphatic rings. The number of hydrogen-bond acceptors (Lipinski definition) is 0. The first-order valence-electron chi connectivity index (χ1n) is 0.378. The van der Waals surface area contributed by atoms with Gasteiger partial charge in [0, 0.05) is 0 Å². The third kappa shape index (κ3) is 39.2. The van der Waals surface area contributed by atoms with Gasteiger partial charge in [-0.05, 0) is 5.83 Å². The van der Waals surface area contributed by atoms with Crippen LogP contribution in [0.4, 0.5) is 0 Å². The molecule has 0 bridgehead atoms. The first-order valence-corrected chi connectivity index (χ1v) is 1.96. The molecule has 0 unspecified atom stereocenters. The smallest absolute Gasteiger partial charge is 1.00 e. The summed E-state index contributed by atoms with van der Waals surface area (Å²) < 4.78 is 0. The van der Waals surface area contributed by atoms with Crippen molar-refractivity contribution in [3.05, 3.63) is 0 Å². The van der Waals surface area contributed by atoms with Crippen molar-refractivity contribution in [1.29, 1.82) is 0 Å². The van der Waals surface area contributed by atoms with Crippen molar-refractivity contribution in [2.75, 3.05) is 5.83 Å². The van der Waals surface area contributed by atoms with E-state index in [0.717, 1.165) is 0 Å². The van der Waals surface area contributed by atoms with Gasteiger partial charge in [0.1, 0.15) is 0 Å². The molecule has 0 radical (unpaired) electrons. The van der Waals surface area contributed by atoms with Gasteiger partial charge in [-0.15, -0.1) is 0 Å². The summed E-state index contributed by atoms with van der Waals surface area (Å²) in [5.74, 6) is 1.81.